The molecule has 5 nitrogen and oxygen atoms in total. The van der Waals surface area contributed by atoms with E-state index in [9.17, 15) is 9.59 Å². The molecule has 0 aliphatic carbocycles. The Labute approximate surface area is 122 Å². The van der Waals surface area contributed by atoms with E-state index in [1.54, 1.807) is 24.3 Å². The van der Waals surface area contributed by atoms with Crippen LogP contribution in [-0.4, -0.2) is 17.1 Å². The Morgan fingerprint density at radius 3 is 2.33 bits per heavy atom. The fourth-order valence-electron chi connectivity index (χ4n) is 1.88. The van der Waals surface area contributed by atoms with Crippen LogP contribution in [0.3, 0.4) is 0 Å². The van der Waals surface area contributed by atoms with Crippen LogP contribution >= 0.6 is 0 Å². The van der Waals surface area contributed by atoms with Crippen LogP contribution in [0.25, 0.3) is 0 Å². The van der Waals surface area contributed by atoms with Gasteiger partial charge in [-0.2, -0.15) is 0 Å². The molecular weight excluding hydrogens is 268 g/mol. The smallest absolute Gasteiger partial charge is 0.337 e. The van der Waals surface area contributed by atoms with Crippen molar-refractivity contribution in [3.8, 4) is 0 Å². The highest BCUT2D eigenvalue weighted by Gasteiger charge is 2.11. The first-order valence-electron chi connectivity index (χ1n) is 6.45. The summed E-state index contributed by atoms with van der Waals surface area (Å²) in [4.78, 5) is 23.0. The Balaban J connectivity index is 2.12. The third kappa shape index (κ3) is 3.60. The summed E-state index contributed by atoms with van der Waals surface area (Å²) in [5, 5.41) is 14.3. The number of carbonyl (C=O) groups excluding carboxylic acids is 1. The summed E-state index contributed by atoms with van der Waals surface area (Å²) in [5.41, 5.74) is 3.17. The normalized spacial score (nSPS) is 10.0. The number of para-hydroxylation sites is 1. The quantitative estimate of drug-likeness (QED) is 0.805. The molecular formula is C16H16N2O3. The van der Waals surface area contributed by atoms with Crippen LogP contribution in [0, 0.1) is 13.8 Å². The lowest BCUT2D eigenvalue weighted by atomic mass is 10.1. The highest BCUT2D eigenvalue weighted by molar-refractivity contribution is 6.04. The number of benzene rings is 2. The van der Waals surface area contributed by atoms with Crippen LogP contribution in [0.1, 0.15) is 21.5 Å². The van der Waals surface area contributed by atoms with Gasteiger partial charge in [-0.15, -0.1) is 0 Å². The van der Waals surface area contributed by atoms with E-state index in [0.29, 0.717) is 5.69 Å². The van der Waals surface area contributed by atoms with Gasteiger partial charge in [-0.3, -0.25) is 0 Å². The second-order valence-electron chi connectivity index (χ2n) is 4.73. The van der Waals surface area contributed by atoms with Gasteiger partial charge in [0.1, 0.15) is 0 Å². The number of rotatable bonds is 3. The van der Waals surface area contributed by atoms with Gasteiger partial charge in [-0.25, -0.2) is 9.59 Å². The molecule has 0 saturated carbocycles. The minimum absolute atomic E-state index is 0.0488. The van der Waals surface area contributed by atoms with Gasteiger partial charge in [0.15, 0.2) is 0 Å². The van der Waals surface area contributed by atoms with Crippen molar-refractivity contribution in [3.63, 3.8) is 0 Å². The predicted molar refractivity (Wildman–Crippen MR) is 82.0 cm³/mol. The molecule has 21 heavy (non-hydrogen) atoms. The number of nitrogens with one attached hydrogen (secondary N) is 2. The number of hydrogen-bond donors (Lipinski definition) is 3. The number of amides is 2. The predicted octanol–water partition coefficient (Wildman–Crippen LogP) is 3.65. The van der Waals surface area contributed by atoms with Gasteiger partial charge in [0, 0.05) is 5.69 Å². The van der Waals surface area contributed by atoms with Gasteiger partial charge < -0.3 is 15.7 Å². The van der Waals surface area contributed by atoms with E-state index in [2.05, 4.69) is 10.6 Å². The maximum absolute atomic E-state index is 11.9. The highest BCUT2D eigenvalue weighted by Crippen LogP contribution is 2.17. The molecule has 108 valence electrons. The van der Waals surface area contributed by atoms with Crippen LogP contribution in [0.2, 0.25) is 0 Å². The molecule has 0 aliphatic heterocycles. The topological polar surface area (TPSA) is 78.4 Å². The fraction of sp³-hybridized carbons (Fsp3) is 0.125. The van der Waals surface area contributed by atoms with E-state index >= 15 is 0 Å². The molecule has 0 radical (unpaired) electrons. The fourth-order valence-corrected chi connectivity index (χ4v) is 1.88. The van der Waals surface area contributed by atoms with Crippen LogP contribution in [-0.2, 0) is 0 Å². The van der Waals surface area contributed by atoms with Gasteiger partial charge in [0.05, 0.1) is 11.3 Å². The SMILES string of the molecule is Cc1ccc(NC(=O)Nc2ccccc2C(=O)O)cc1C. The molecule has 2 aromatic rings. The first-order valence-corrected chi connectivity index (χ1v) is 6.45. The zero-order chi connectivity index (χ0) is 15.4. The van der Waals surface area contributed by atoms with Gasteiger partial charge in [-0.05, 0) is 49.2 Å². The van der Waals surface area contributed by atoms with Crippen molar-refractivity contribution in [3.05, 3.63) is 59.2 Å². The van der Waals surface area contributed by atoms with E-state index < -0.39 is 12.0 Å². The van der Waals surface area contributed by atoms with Gasteiger partial charge in [0.2, 0.25) is 0 Å². The van der Waals surface area contributed by atoms with Crippen molar-refractivity contribution in [2.75, 3.05) is 10.6 Å². The molecule has 2 rings (SSSR count). The van der Waals surface area contributed by atoms with E-state index in [4.69, 9.17) is 5.11 Å². The molecule has 0 aromatic heterocycles. The monoisotopic (exact) mass is 284 g/mol. The minimum atomic E-state index is -1.09. The standard InChI is InChI=1S/C16H16N2O3/c1-10-7-8-12(9-11(10)2)17-16(21)18-14-6-4-3-5-13(14)15(19)20/h3-9H,1-2H3,(H,19,20)(H2,17,18,21). The Morgan fingerprint density at radius 2 is 1.67 bits per heavy atom. The lowest BCUT2D eigenvalue weighted by molar-refractivity contribution is 0.0698. The van der Waals surface area contributed by atoms with Crippen LogP contribution < -0.4 is 10.6 Å². The molecule has 0 heterocycles. The summed E-state index contributed by atoms with van der Waals surface area (Å²) in [7, 11) is 0. The minimum Gasteiger partial charge on any atom is -0.478 e. The zero-order valence-electron chi connectivity index (χ0n) is 11.8. The zero-order valence-corrected chi connectivity index (χ0v) is 11.8. The number of anilines is 2. The number of carboxylic acids is 1. The van der Waals surface area contributed by atoms with Crippen LogP contribution in [0.5, 0.6) is 0 Å². The molecule has 2 amide bonds. The van der Waals surface area contributed by atoms with Crippen LogP contribution in [0.15, 0.2) is 42.5 Å². The largest absolute Gasteiger partial charge is 0.478 e. The van der Waals surface area contributed by atoms with Crippen molar-refractivity contribution in [1.29, 1.82) is 0 Å². The molecule has 0 aliphatic rings. The Bertz CT molecular complexity index is 696. The summed E-state index contributed by atoms with van der Waals surface area (Å²) in [6, 6.07) is 11.3. The van der Waals surface area contributed by atoms with Crippen LogP contribution in [0.4, 0.5) is 16.2 Å². The van der Waals surface area contributed by atoms with Crippen molar-refractivity contribution in [2.45, 2.75) is 13.8 Å². The highest BCUT2D eigenvalue weighted by atomic mass is 16.4. The third-order valence-electron chi connectivity index (χ3n) is 3.17. The van der Waals surface area contributed by atoms with Crippen molar-refractivity contribution in [2.24, 2.45) is 0 Å². The molecule has 0 unspecified atom stereocenters. The van der Waals surface area contributed by atoms with E-state index in [-0.39, 0.29) is 11.3 Å². The lowest BCUT2D eigenvalue weighted by Gasteiger charge is -2.10. The molecule has 0 spiro atoms. The van der Waals surface area contributed by atoms with Crippen molar-refractivity contribution in [1.82, 2.24) is 0 Å². The second kappa shape index (κ2) is 6.09. The van der Waals surface area contributed by atoms with Crippen molar-refractivity contribution >= 4 is 23.4 Å². The van der Waals surface area contributed by atoms with Gasteiger partial charge in [-0.1, -0.05) is 18.2 Å². The number of urea groups is 1. The summed E-state index contributed by atoms with van der Waals surface area (Å²) in [6.45, 7) is 3.94. The number of hydrogen-bond acceptors (Lipinski definition) is 2. The number of aryl methyl sites for hydroxylation is 2. The Kier molecular flexibility index (Phi) is 4.23. The second-order valence-corrected chi connectivity index (χ2v) is 4.73. The summed E-state index contributed by atoms with van der Waals surface area (Å²) < 4.78 is 0. The number of carboxylic acid groups (broad SMARTS) is 1. The first-order chi connectivity index (χ1) is 9.97. The van der Waals surface area contributed by atoms with Gasteiger partial charge >= 0.3 is 12.0 Å². The molecule has 0 bridgehead atoms. The van der Waals surface area contributed by atoms with E-state index in [0.717, 1.165) is 11.1 Å². The first kappa shape index (κ1) is 14.6. The molecule has 2 aromatic carbocycles. The molecule has 5 heteroatoms. The lowest BCUT2D eigenvalue weighted by Crippen LogP contribution is -2.21. The number of carbonyl (C=O) groups is 2. The molecule has 0 fully saturated rings. The number of aromatic carboxylic acids is 1. The van der Waals surface area contributed by atoms with E-state index in [1.165, 1.54) is 6.07 Å². The van der Waals surface area contributed by atoms with E-state index in [1.807, 2.05) is 26.0 Å². The summed E-state index contributed by atoms with van der Waals surface area (Å²) in [6.07, 6.45) is 0. The maximum Gasteiger partial charge on any atom is 0.337 e. The molecule has 0 atom stereocenters. The Morgan fingerprint density at radius 1 is 0.952 bits per heavy atom. The van der Waals surface area contributed by atoms with Crippen molar-refractivity contribution < 1.29 is 14.7 Å². The molecule has 3 N–H and O–H groups in total. The molecule has 0 saturated heterocycles. The Hall–Kier alpha value is -2.82. The average Bonchev–Trinajstić information content (AvgIpc) is 2.43. The summed E-state index contributed by atoms with van der Waals surface area (Å²) in [5.74, 6) is -1.09. The summed E-state index contributed by atoms with van der Waals surface area (Å²) >= 11 is 0. The average molecular weight is 284 g/mol. The third-order valence-corrected chi connectivity index (χ3v) is 3.17. The van der Waals surface area contributed by atoms with Gasteiger partial charge in [0.25, 0.3) is 0 Å². The maximum atomic E-state index is 11.9.